The van der Waals surface area contributed by atoms with Gasteiger partial charge in [-0.15, -0.1) is 0 Å². The van der Waals surface area contributed by atoms with Gasteiger partial charge in [-0.25, -0.2) is 0 Å². The minimum Gasteiger partial charge on any atom is -0.502 e. The van der Waals surface area contributed by atoms with E-state index >= 15 is 0 Å². The quantitative estimate of drug-likeness (QED) is 0.712. The van der Waals surface area contributed by atoms with Crippen LogP contribution in [-0.4, -0.2) is 11.1 Å². The Hall–Kier alpha value is -1.45. The third-order valence-corrected chi connectivity index (χ3v) is 1.64. The lowest BCUT2D eigenvalue weighted by molar-refractivity contribution is -0.132. The van der Waals surface area contributed by atoms with E-state index in [9.17, 15) is 9.90 Å². The van der Waals surface area contributed by atoms with Crippen LogP contribution in [0, 0.1) is 6.92 Å². The zero-order valence-corrected chi connectivity index (χ0v) is 7.88. The van der Waals surface area contributed by atoms with Gasteiger partial charge in [0.25, 0.3) is 0 Å². The van der Waals surface area contributed by atoms with Crippen LogP contribution >= 0.6 is 0 Å². The number of carbonyl (C=O) groups is 1. The van der Waals surface area contributed by atoms with Gasteiger partial charge in [-0.05, 0) is 6.92 Å². The summed E-state index contributed by atoms with van der Waals surface area (Å²) in [5.41, 5.74) is 0. The number of ether oxygens (including phenoxy) is 1. The molecular weight excluding hydrogens is 172 g/mol. The molecule has 4 heteroatoms. The molecule has 1 aromatic heterocycles. The summed E-state index contributed by atoms with van der Waals surface area (Å²) >= 11 is 0. The van der Waals surface area contributed by atoms with Gasteiger partial charge in [0.2, 0.25) is 11.5 Å². The van der Waals surface area contributed by atoms with Crippen LogP contribution in [0.2, 0.25) is 0 Å². The summed E-state index contributed by atoms with van der Waals surface area (Å²) < 4.78 is 9.94. The Morgan fingerprint density at radius 3 is 2.62 bits per heavy atom. The lowest BCUT2D eigenvalue weighted by Gasteiger charge is -1.97. The molecule has 0 spiro atoms. The van der Waals surface area contributed by atoms with Gasteiger partial charge in [-0.2, -0.15) is 0 Å². The maximum atomic E-state index is 10.6. The predicted molar refractivity (Wildman–Crippen MR) is 45.8 cm³/mol. The first-order valence-electron chi connectivity index (χ1n) is 4.05. The molecule has 0 amide bonds. The normalized spacial score (nSPS) is 10.1. The topological polar surface area (TPSA) is 59.7 Å². The molecule has 0 saturated heterocycles. The predicted octanol–water partition coefficient (Wildman–Crippen LogP) is 1.78. The van der Waals surface area contributed by atoms with Gasteiger partial charge in [-0.3, -0.25) is 4.79 Å². The summed E-state index contributed by atoms with van der Waals surface area (Å²) in [5.74, 6) is 0.444. The van der Waals surface area contributed by atoms with Crippen LogP contribution in [0.25, 0.3) is 0 Å². The Bertz CT molecular complexity index is 325. The number of hydrogen-bond acceptors (Lipinski definition) is 4. The van der Waals surface area contributed by atoms with Crippen LogP contribution in [0.4, 0.5) is 0 Å². The standard InChI is InChI=1S/C9H12O4/c1-4-7-8(11)9(5(2)12-7)13-6(3)10/h11H,4H2,1-3H3. The lowest BCUT2D eigenvalue weighted by atomic mass is 10.3. The molecule has 0 unspecified atom stereocenters. The van der Waals surface area contributed by atoms with Gasteiger partial charge in [-0.1, -0.05) is 6.92 Å². The second-order valence-electron chi connectivity index (χ2n) is 2.71. The average molecular weight is 184 g/mol. The fourth-order valence-electron chi connectivity index (χ4n) is 1.08. The Balaban J connectivity index is 3.05. The summed E-state index contributed by atoms with van der Waals surface area (Å²) in [4.78, 5) is 10.6. The Kier molecular flexibility index (Phi) is 2.60. The first kappa shape index (κ1) is 9.64. The van der Waals surface area contributed by atoms with E-state index in [0.717, 1.165) is 0 Å². The van der Waals surface area contributed by atoms with Gasteiger partial charge in [0, 0.05) is 13.3 Å². The molecule has 0 fully saturated rings. The molecule has 4 nitrogen and oxygen atoms in total. The van der Waals surface area contributed by atoms with E-state index in [0.29, 0.717) is 17.9 Å². The number of rotatable bonds is 2. The van der Waals surface area contributed by atoms with Crippen molar-refractivity contribution in [2.75, 3.05) is 0 Å². The average Bonchev–Trinajstić information content (AvgIpc) is 2.31. The first-order chi connectivity index (χ1) is 6.06. The lowest BCUT2D eigenvalue weighted by Crippen LogP contribution is -2.01. The first-order valence-corrected chi connectivity index (χ1v) is 4.05. The van der Waals surface area contributed by atoms with Crippen molar-refractivity contribution < 1.29 is 19.1 Å². The Labute approximate surface area is 76.1 Å². The molecule has 0 aliphatic carbocycles. The van der Waals surface area contributed by atoms with Gasteiger partial charge in [0.1, 0.15) is 11.5 Å². The molecule has 0 aromatic carbocycles. The Morgan fingerprint density at radius 1 is 1.62 bits per heavy atom. The van der Waals surface area contributed by atoms with E-state index in [-0.39, 0.29) is 11.5 Å². The highest BCUT2D eigenvalue weighted by Gasteiger charge is 2.18. The SMILES string of the molecule is CCc1oc(C)c(OC(C)=O)c1O. The number of carbonyl (C=O) groups excluding carboxylic acids is 1. The van der Waals surface area contributed by atoms with Gasteiger partial charge >= 0.3 is 5.97 Å². The monoisotopic (exact) mass is 184 g/mol. The van der Waals surface area contributed by atoms with Gasteiger partial charge < -0.3 is 14.3 Å². The van der Waals surface area contributed by atoms with Crippen molar-refractivity contribution in [3.63, 3.8) is 0 Å². The van der Waals surface area contributed by atoms with Crippen molar-refractivity contribution in [1.29, 1.82) is 0 Å². The molecule has 0 atom stereocenters. The van der Waals surface area contributed by atoms with Crippen molar-refractivity contribution >= 4 is 5.97 Å². The molecule has 1 heterocycles. The summed E-state index contributed by atoms with van der Waals surface area (Å²) in [6.07, 6.45) is 0.563. The van der Waals surface area contributed by atoms with E-state index in [1.807, 2.05) is 6.92 Å². The summed E-state index contributed by atoms with van der Waals surface area (Å²) in [6.45, 7) is 4.75. The summed E-state index contributed by atoms with van der Waals surface area (Å²) in [5, 5.41) is 9.49. The second kappa shape index (κ2) is 3.51. The minimum atomic E-state index is -0.471. The largest absolute Gasteiger partial charge is 0.502 e. The third-order valence-electron chi connectivity index (χ3n) is 1.64. The van der Waals surface area contributed by atoms with E-state index in [4.69, 9.17) is 9.15 Å². The summed E-state index contributed by atoms with van der Waals surface area (Å²) in [6, 6.07) is 0. The van der Waals surface area contributed by atoms with Crippen LogP contribution < -0.4 is 4.74 Å². The minimum absolute atomic E-state index is 0.0739. The molecule has 72 valence electrons. The highest BCUT2D eigenvalue weighted by atomic mass is 16.5. The highest BCUT2D eigenvalue weighted by Crippen LogP contribution is 2.36. The second-order valence-corrected chi connectivity index (χ2v) is 2.71. The highest BCUT2D eigenvalue weighted by molar-refractivity contribution is 5.71. The number of aryl methyl sites for hydroxylation is 2. The number of hydrogen-bond donors (Lipinski definition) is 1. The van der Waals surface area contributed by atoms with Crippen molar-refractivity contribution in [2.45, 2.75) is 27.2 Å². The van der Waals surface area contributed by atoms with E-state index < -0.39 is 5.97 Å². The zero-order chi connectivity index (χ0) is 10.0. The fourth-order valence-corrected chi connectivity index (χ4v) is 1.08. The molecule has 1 N–H and O–H groups in total. The van der Waals surface area contributed by atoms with Crippen molar-refractivity contribution in [1.82, 2.24) is 0 Å². The maximum absolute atomic E-state index is 10.6. The van der Waals surface area contributed by atoms with Gasteiger partial charge in [0.05, 0.1) is 0 Å². The smallest absolute Gasteiger partial charge is 0.308 e. The summed E-state index contributed by atoms with van der Waals surface area (Å²) in [7, 11) is 0. The molecule has 0 aliphatic heterocycles. The third kappa shape index (κ3) is 1.83. The van der Waals surface area contributed by atoms with Crippen LogP contribution in [0.3, 0.4) is 0 Å². The number of aromatic hydroxyl groups is 1. The molecule has 1 aromatic rings. The molecule has 0 radical (unpaired) electrons. The van der Waals surface area contributed by atoms with E-state index in [2.05, 4.69) is 0 Å². The molecule has 0 bridgehead atoms. The molecular formula is C9H12O4. The van der Waals surface area contributed by atoms with Crippen LogP contribution in [0.5, 0.6) is 11.5 Å². The van der Waals surface area contributed by atoms with Gasteiger partial charge in [0.15, 0.2) is 0 Å². The van der Waals surface area contributed by atoms with Crippen LogP contribution in [0.15, 0.2) is 4.42 Å². The zero-order valence-electron chi connectivity index (χ0n) is 7.88. The van der Waals surface area contributed by atoms with Crippen molar-refractivity contribution in [3.8, 4) is 11.5 Å². The number of esters is 1. The number of furan rings is 1. The maximum Gasteiger partial charge on any atom is 0.308 e. The molecule has 0 aliphatic rings. The van der Waals surface area contributed by atoms with E-state index in [1.54, 1.807) is 6.92 Å². The van der Waals surface area contributed by atoms with E-state index in [1.165, 1.54) is 6.92 Å². The Morgan fingerprint density at radius 2 is 2.23 bits per heavy atom. The fraction of sp³-hybridized carbons (Fsp3) is 0.444. The van der Waals surface area contributed by atoms with Crippen molar-refractivity contribution in [3.05, 3.63) is 11.5 Å². The van der Waals surface area contributed by atoms with Crippen molar-refractivity contribution in [2.24, 2.45) is 0 Å². The molecule has 0 saturated carbocycles. The molecule has 13 heavy (non-hydrogen) atoms. The van der Waals surface area contributed by atoms with Crippen LogP contribution in [0.1, 0.15) is 25.4 Å². The van der Waals surface area contributed by atoms with Crippen LogP contribution in [-0.2, 0) is 11.2 Å². The molecule has 1 rings (SSSR count).